The Kier molecular flexibility index (Phi) is 1.53. The average Bonchev–Trinajstić information content (AvgIpc) is 2.14. The van der Waals surface area contributed by atoms with E-state index in [1.807, 2.05) is 0 Å². The molecule has 10 heavy (non-hydrogen) atoms. The van der Waals surface area contributed by atoms with Crippen molar-refractivity contribution >= 4 is 5.78 Å². The molecule has 0 spiro atoms. The van der Waals surface area contributed by atoms with Crippen molar-refractivity contribution in [2.45, 2.75) is 13.8 Å². The molecule has 4 heteroatoms. The van der Waals surface area contributed by atoms with Crippen LogP contribution in [-0.4, -0.2) is 16.0 Å². The summed E-state index contributed by atoms with van der Waals surface area (Å²) in [6.45, 7) is 2.79. The Hall–Kier alpha value is -1.19. The molecule has 0 radical (unpaired) electrons. The first kappa shape index (κ1) is 6.92. The summed E-state index contributed by atoms with van der Waals surface area (Å²) in [7, 11) is 0. The van der Waals surface area contributed by atoms with Crippen LogP contribution in [0.5, 0.6) is 0 Å². The average molecular weight is 142 g/mol. The molecule has 0 saturated carbocycles. The molecule has 0 atom stereocenters. The molecular weight excluding hydrogens is 135 g/mol. The minimum Gasteiger partial charge on any atom is -0.293 e. The van der Waals surface area contributed by atoms with Gasteiger partial charge in [0.15, 0.2) is 11.6 Å². The van der Waals surface area contributed by atoms with E-state index in [0.29, 0.717) is 0 Å². The number of aromatic amines is 1. The second-order valence-electron chi connectivity index (χ2n) is 2.05. The Morgan fingerprint density at radius 1 is 1.70 bits per heavy atom. The van der Waals surface area contributed by atoms with E-state index in [0.717, 1.165) is 0 Å². The number of rotatable bonds is 1. The number of hydrogen-bond donors (Lipinski definition) is 1. The van der Waals surface area contributed by atoms with Gasteiger partial charge in [-0.25, -0.2) is 4.39 Å². The monoisotopic (exact) mass is 142 g/mol. The normalized spacial score (nSPS) is 9.90. The molecule has 0 saturated heterocycles. The second kappa shape index (κ2) is 2.21. The predicted octanol–water partition coefficient (Wildman–Crippen LogP) is 1.06. The van der Waals surface area contributed by atoms with Gasteiger partial charge >= 0.3 is 0 Å². The molecule has 0 aromatic carbocycles. The van der Waals surface area contributed by atoms with E-state index in [1.165, 1.54) is 13.8 Å². The lowest BCUT2D eigenvalue weighted by Crippen LogP contribution is -1.95. The van der Waals surface area contributed by atoms with Crippen LogP contribution in [0.15, 0.2) is 0 Å². The zero-order valence-electron chi connectivity index (χ0n) is 5.73. The summed E-state index contributed by atoms with van der Waals surface area (Å²) in [6, 6.07) is 0. The maximum atomic E-state index is 12.7. The quantitative estimate of drug-likeness (QED) is 0.596. The number of carbonyl (C=O) groups excluding carboxylic acids is 1. The smallest absolute Gasteiger partial charge is 0.180 e. The summed E-state index contributed by atoms with van der Waals surface area (Å²) >= 11 is 0. The Bertz CT molecular complexity index is 267. The van der Waals surface area contributed by atoms with Crippen LogP contribution in [0.4, 0.5) is 4.39 Å². The number of nitrogens with one attached hydrogen (secondary N) is 1. The van der Waals surface area contributed by atoms with Gasteiger partial charge in [0.25, 0.3) is 0 Å². The van der Waals surface area contributed by atoms with E-state index < -0.39 is 5.82 Å². The molecule has 0 fully saturated rings. The van der Waals surface area contributed by atoms with Crippen LogP contribution >= 0.6 is 0 Å². The summed E-state index contributed by atoms with van der Waals surface area (Å²) in [6.07, 6.45) is 0. The zero-order valence-corrected chi connectivity index (χ0v) is 5.73. The molecule has 0 unspecified atom stereocenters. The fourth-order valence-electron chi connectivity index (χ4n) is 0.652. The minimum absolute atomic E-state index is 0.0440. The molecular formula is C6H7FN2O. The van der Waals surface area contributed by atoms with Gasteiger partial charge in [0.05, 0.1) is 5.69 Å². The van der Waals surface area contributed by atoms with E-state index in [2.05, 4.69) is 10.2 Å². The molecule has 3 nitrogen and oxygen atoms in total. The third kappa shape index (κ3) is 0.920. The molecule has 1 N–H and O–H groups in total. The second-order valence-corrected chi connectivity index (χ2v) is 2.05. The Morgan fingerprint density at radius 2 is 2.30 bits per heavy atom. The lowest BCUT2D eigenvalue weighted by atomic mass is 10.3. The number of Topliss-reactive ketones (excluding diaryl/α,β-unsaturated/α-hetero) is 1. The highest BCUT2D eigenvalue weighted by Crippen LogP contribution is 2.06. The minimum atomic E-state index is -0.549. The lowest BCUT2D eigenvalue weighted by Gasteiger charge is -1.85. The molecule has 0 aliphatic heterocycles. The van der Waals surface area contributed by atoms with Crippen molar-refractivity contribution in [1.29, 1.82) is 0 Å². The molecule has 0 amide bonds. The predicted molar refractivity (Wildman–Crippen MR) is 33.3 cm³/mol. The molecule has 0 bridgehead atoms. The largest absolute Gasteiger partial charge is 0.293 e. The van der Waals surface area contributed by atoms with Crippen molar-refractivity contribution in [3.8, 4) is 0 Å². The first-order chi connectivity index (χ1) is 4.63. The fourth-order valence-corrected chi connectivity index (χ4v) is 0.652. The number of hydrogen-bond acceptors (Lipinski definition) is 2. The van der Waals surface area contributed by atoms with Crippen molar-refractivity contribution in [1.82, 2.24) is 10.2 Å². The third-order valence-corrected chi connectivity index (χ3v) is 1.22. The van der Waals surface area contributed by atoms with E-state index in [1.54, 1.807) is 0 Å². The van der Waals surface area contributed by atoms with Crippen LogP contribution in [-0.2, 0) is 0 Å². The summed E-state index contributed by atoms with van der Waals surface area (Å²) < 4.78 is 12.7. The van der Waals surface area contributed by atoms with Gasteiger partial charge < -0.3 is 0 Å². The molecule has 54 valence electrons. The van der Waals surface area contributed by atoms with Gasteiger partial charge in [-0.1, -0.05) is 0 Å². The summed E-state index contributed by atoms with van der Waals surface area (Å²) in [5.41, 5.74) is 0.183. The molecule has 0 aliphatic rings. The number of carbonyl (C=O) groups is 1. The number of halogens is 1. The maximum absolute atomic E-state index is 12.7. The van der Waals surface area contributed by atoms with Crippen LogP contribution in [0.3, 0.4) is 0 Å². The van der Waals surface area contributed by atoms with Crippen LogP contribution in [0, 0.1) is 12.7 Å². The number of nitrogens with zero attached hydrogens (tertiary/aromatic N) is 1. The number of aromatic nitrogens is 2. The molecule has 1 aromatic heterocycles. The van der Waals surface area contributed by atoms with Crippen LogP contribution in [0.1, 0.15) is 23.1 Å². The van der Waals surface area contributed by atoms with Crippen LogP contribution in [0.25, 0.3) is 0 Å². The Labute approximate surface area is 57.3 Å². The van der Waals surface area contributed by atoms with E-state index in [-0.39, 0.29) is 17.2 Å². The highest BCUT2D eigenvalue weighted by atomic mass is 19.1. The van der Waals surface area contributed by atoms with Crippen molar-refractivity contribution in [3.63, 3.8) is 0 Å². The van der Waals surface area contributed by atoms with Gasteiger partial charge in [-0.3, -0.25) is 9.89 Å². The Morgan fingerprint density at radius 3 is 2.50 bits per heavy atom. The van der Waals surface area contributed by atoms with E-state index in [4.69, 9.17) is 0 Å². The van der Waals surface area contributed by atoms with Gasteiger partial charge in [-0.2, -0.15) is 5.10 Å². The molecule has 1 heterocycles. The van der Waals surface area contributed by atoms with E-state index in [9.17, 15) is 9.18 Å². The Balaban J connectivity index is 3.17. The van der Waals surface area contributed by atoms with Gasteiger partial charge in [0.2, 0.25) is 0 Å². The van der Waals surface area contributed by atoms with Gasteiger partial charge in [0, 0.05) is 6.92 Å². The van der Waals surface area contributed by atoms with Gasteiger partial charge in [0.1, 0.15) is 5.69 Å². The van der Waals surface area contributed by atoms with E-state index >= 15 is 0 Å². The highest BCUT2D eigenvalue weighted by molar-refractivity contribution is 5.92. The summed E-state index contributed by atoms with van der Waals surface area (Å²) in [5.74, 6) is -0.884. The topological polar surface area (TPSA) is 45.8 Å². The van der Waals surface area contributed by atoms with Gasteiger partial charge in [-0.15, -0.1) is 0 Å². The van der Waals surface area contributed by atoms with Crippen molar-refractivity contribution < 1.29 is 9.18 Å². The van der Waals surface area contributed by atoms with Crippen LogP contribution < -0.4 is 0 Å². The number of aryl methyl sites for hydroxylation is 1. The van der Waals surface area contributed by atoms with Crippen molar-refractivity contribution in [2.75, 3.05) is 0 Å². The maximum Gasteiger partial charge on any atom is 0.180 e. The first-order valence-electron chi connectivity index (χ1n) is 2.84. The molecule has 0 aliphatic carbocycles. The van der Waals surface area contributed by atoms with Crippen LogP contribution in [0.2, 0.25) is 0 Å². The number of ketones is 1. The zero-order chi connectivity index (χ0) is 7.72. The summed E-state index contributed by atoms with van der Waals surface area (Å²) in [4.78, 5) is 10.6. The standard InChI is InChI=1S/C6H7FN2O/c1-3-5(7)6(4(2)10)9-8-3/h1-2H3,(H,8,9). The fraction of sp³-hybridized carbons (Fsp3) is 0.333. The highest BCUT2D eigenvalue weighted by Gasteiger charge is 2.11. The van der Waals surface area contributed by atoms with Gasteiger partial charge in [-0.05, 0) is 6.92 Å². The molecule has 1 aromatic rings. The summed E-state index contributed by atoms with van der Waals surface area (Å²) in [5, 5.41) is 5.82. The molecule has 1 rings (SSSR count). The van der Waals surface area contributed by atoms with Crippen molar-refractivity contribution in [3.05, 3.63) is 17.2 Å². The lowest BCUT2D eigenvalue weighted by molar-refractivity contribution is 0.100. The SMILES string of the molecule is CC(=O)c1[nH]nc(C)c1F. The first-order valence-corrected chi connectivity index (χ1v) is 2.84. The third-order valence-electron chi connectivity index (χ3n) is 1.22. The van der Waals surface area contributed by atoms with Crippen molar-refractivity contribution in [2.24, 2.45) is 0 Å². The number of H-pyrrole nitrogens is 1.